The molecule has 0 aromatic heterocycles. The van der Waals surface area contributed by atoms with Gasteiger partial charge in [0, 0.05) is 17.0 Å². The van der Waals surface area contributed by atoms with Gasteiger partial charge in [0.1, 0.15) is 0 Å². The Kier molecular flexibility index (Phi) is 6.43. The van der Waals surface area contributed by atoms with E-state index in [-0.39, 0.29) is 24.0 Å². The number of esters is 2. The summed E-state index contributed by atoms with van der Waals surface area (Å²) >= 11 is 5.99. The molecule has 1 saturated heterocycles. The minimum absolute atomic E-state index is 0.0397. The Balaban J connectivity index is 2.27. The zero-order valence-electron chi connectivity index (χ0n) is 14.9. The minimum Gasteiger partial charge on any atom is -0.468 e. The molecule has 7 heteroatoms. The second-order valence-electron chi connectivity index (χ2n) is 6.78. The van der Waals surface area contributed by atoms with E-state index in [0.29, 0.717) is 5.02 Å². The maximum atomic E-state index is 12.0. The zero-order valence-corrected chi connectivity index (χ0v) is 15.6. The van der Waals surface area contributed by atoms with Gasteiger partial charge in [0.15, 0.2) is 5.92 Å². The third-order valence-electron chi connectivity index (χ3n) is 4.44. The van der Waals surface area contributed by atoms with Crippen LogP contribution in [0.15, 0.2) is 24.3 Å². The Bertz CT molecular complexity index is 600. The van der Waals surface area contributed by atoms with Crippen molar-refractivity contribution in [2.24, 2.45) is 5.92 Å². The Morgan fingerprint density at radius 3 is 2.32 bits per heavy atom. The van der Waals surface area contributed by atoms with Crippen molar-refractivity contribution in [3.63, 3.8) is 0 Å². The van der Waals surface area contributed by atoms with Gasteiger partial charge in [-0.3, -0.25) is 14.4 Å². The molecule has 1 N–H and O–H groups in total. The van der Waals surface area contributed by atoms with Gasteiger partial charge in [-0.25, -0.2) is 0 Å². The van der Waals surface area contributed by atoms with Gasteiger partial charge in [0.2, 0.25) is 0 Å². The molecule has 1 aliphatic rings. The van der Waals surface area contributed by atoms with E-state index in [1.807, 2.05) is 38.1 Å². The predicted octanol–water partition coefficient (Wildman–Crippen LogP) is 2.85. The molecule has 1 aliphatic heterocycles. The number of benzene rings is 1. The van der Waals surface area contributed by atoms with Crippen molar-refractivity contribution in [3.05, 3.63) is 34.9 Å². The summed E-state index contributed by atoms with van der Waals surface area (Å²) in [5, 5.41) is 0.654. The molecule has 1 aromatic rings. The molecular weight excluding hydrogens is 346 g/mol. The average Bonchev–Trinajstić information content (AvgIpc) is 2.59. The van der Waals surface area contributed by atoms with Crippen molar-refractivity contribution in [1.29, 1.82) is 0 Å². The van der Waals surface area contributed by atoms with Crippen molar-refractivity contribution < 1.29 is 23.9 Å². The van der Waals surface area contributed by atoms with E-state index in [2.05, 4.69) is 5.48 Å². The quantitative estimate of drug-likeness (QED) is 0.635. The molecule has 25 heavy (non-hydrogen) atoms. The Hall–Kier alpha value is -1.63. The molecule has 138 valence electrons. The lowest BCUT2D eigenvalue weighted by Gasteiger charge is -2.42. The van der Waals surface area contributed by atoms with Crippen LogP contribution in [0.5, 0.6) is 0 Å². The molecule has 2 rings (SSSR count). The van der Waals surface area contributed by atoms with Gasteiger partial charge in [0.05, 0.1) is 19.8 Å². The lowest BCUT2D eigenvalue weighted by Crippen LogP contribution is -2.51. The van der Waals surface area contributed by atoms with Crippen molar-refractivity contribution in [3.8, 4) is 0 Å². The molecule has 0 unspecified atom stereocenters. The second-order valence-corrected chi connectivity index (χ2v) is 7.22. The third kappa shape index (κ3) is 4.93. The lowest BCUT2D eigenvalue weighted by atomic mass is 9.78. The monoisotopic (exact) mass is 369 g/mol. The van der Waals surface area contributed by atoms with Gasteiger partial charge in [-0.15, -0.1) is 0 Å². The van der Waals surface area contributed by atoms with Crippen molar-refractivity contribution in [2.45, 2.75) is 44.2 Å². The Labute approximate surface area is 152 Å². The average molecular weight is 370 g/mol. The summed E-state index contributed by atoms with van der Waals surface area (Å²) < 4.78 is 9.50. The molecule has 0 spiro atoms. The van der Waals surface area contributed by atoms with Crippen LogP contribution in [0.4, 0.5) is 0 Å². The molecule has 1 aromatic carbocycles. The minimum atomic E-state index is -1.01. The van der Waals surface area contributed by atoms with Crippen LogP contribution in [0, 0.1) is 5.92 Å². The molecule has 0 radical (unpaired) electrons. The SMILES string of the molecule is COC(=O)C(C[C@@H]1NOC(C)(C)C[C@H]1c1ccc(Cl)cc1)C(=O)OC. The van der Waals surface area contributed by atoms with Gasteiger partial charge in [-0.2, -0.15) is 5.48 Å². The first-order chi connectivity index (χ1) is 11.8. The van der Waals surface area contributed by atoms with Crippen LogP contribution in [0.25, 0.3) is 0 Å². The smallest absolute Gasteiger partial charge is 0.320 e. The van der Waals surface area contributed by atoms with E-state index < -0.39 is 17.9 Å². The predicted molar refractivity (Wildman–Crippen MR) is 93.0 cm³/mol. The maximum Gasteiger partial charge on any atom is 0.320 e. The number of methoxy groups -OCH3 is 2. The first-order valence-electron chi connectivity index (χ1n) is 8.12. The van der Waals surface area contributed by atoms with Gasteiger partial charge in [-0.1, -0.05) is 23.7 Å². The van der Waals surface area contributed by atoms with Gasteiger partial charge < -0.3 is 9.47 Å². The summed E-state index contributed by atoms with van der Waals surface area (Å²) in [7, 11) is 2.51. The molecule has 0 amide bonds. The van der Waals surface area contributed by atoms with Crippen LogP contribution in [0.2, 0.25) is 5.02 Å². The molecular formula is C18H24ClNO5. The van der Waals surface area contributed by atoms with Crippen LogP contribution in [0.1, 0.15) is 38.2 Å². The van der Waals surface area contributed by atoms with Crippen molar-refractivity contribution in [1.82, 2.24) is 5.48 Å². The number of carbonyl (C=O) groups excluding carboxylic acids is 2. The molecule has 2 atom stereocenters. The van der Waals surface area contributed by atoms with E-state index in [4.69, 9.17) is 25.9 Å². The van der Waals surface area contributed by atoms with Crippen LogP contribution in [-0.2, 0) is 23.9 Å². The summed E-state index contributed by atoms with van der Waals surface area (Å²) in [6, 6.07) is 7.31. The van der Waals surface area contributed by atoms with E-state index in [1.165, 1.54) is 14.2 Å². The Morgan fingerprint density at radius 1 is 1.24 bits per heavy atom. The maximum absolute atomic E-state index is 12.0. The fourth-order valence-corrected chi connectivity index (χ4v) is 3.26. The van der Waals surface area contributed by atoms with Crippen LogP contribution >= 0.6 is 11.6 Å². The summed E-state index contributed by atoms with van der Waals surface area (Å²) in [6.45, 7) is 3.97. The second kappa shape index (κ2) is 8.17. The molecule has 1 heterocycles. The standard InChI is InChI=1S/C18H24ClNO5/c1-18(2)10-14(11-5-7-12(19)8-6-11)15(20-25-18)9-13(16(21)23-3)17(22)24-4/h5-8,13-15,20H,9-10H2,1-4H3/t14-,15-/m0/s1. The largest absolute Gasteiger partial charge is 0.468 e. The van der Waals surface area contributed by atoms with Gasteiger partial charge >= 0.3 is 11.9 Å². The highest BCUT2D eigenvalue weighted by Gasteiger charge is 2.41. The highest BCUT2D eigenvalue weighted by Crippen LogP contribution is 2.37. The fourth-order valence-electron chi connectivity index (χ4n) is 3.13. The topological polar surface area (TPSA) is 73.9 Å². The summed E-state index contributed by atoms with van der Waals surface area (Å²) in [5.74, 6) is -2.20. The van der Waals surface area contributed by atoms with Crippen molar-refractivity contribution in [2.75, 3.05) is 14.2 Å². The summed E-state index contributed by atoms with van der Waals surface area (Å²) in [5.41, 5.74) is 3.69. The van der Waals surface area contributed by atoms with E-state index in [9.17, 15) is 9.59 Å². The lowest BCUT2D eigenvalue weighted by molar-refractivity contribution is -0.165. The normalized spacial score (nSPS) is 22.5. The summed E-state index contributed by atoms with van der Waals surface area (Å²) in [4.78, 5) is 29.7. The van der Waals surface area contributed by atoms with E-state index in [1.54, 1.807) is 0 Å². The highest BCUT2D eigenvalue weighted by molar-refractivity contribution is 6.30. The third-order valence-corrected chi connectivity index (χ3v) is 4.69. The van der Waals surface area contributed by atoms with Crippen LogP contribution < -0.4 is 5.48 Å². The number of halogens is 1. The number of rotatable bonds is 5. The first-order valence-corrected chi connectivity index (χ1v) is 8.50. The fraction of sp³-hybridized carbons (Fsp3) is 0.556. The molecule has 0 bridgehead atoms. The van der Waals surface area contributed by atoms with Gasteiger partial charge in [0.25, 0.3) is 0 Å². The molecule has 0 saturated carbocycles. The number of hydrogen-bond donors (Lipinski definition) is 1. The zero-order chi connectivity index (χ0) is 18.6. The van der Waals surface area contributed by atoms with Crippen LogP contribution in [-0.4, -0.2) is 37.8 Å². The van der Waals surface area contributed by atoms with Crippen molar-refractivity contribution >= 4 is 23.5 Å². The highest BCUT2D eigenvalue weighted by atomic mass is 35.5. The molecule has 6 nitrogen and oxygen atoms in total. The van der Waals surface area contributed by atoms with Crippen LogP contribution in [0.3, 0.4) is 0 Å². The number of carbonyl (C=O) groups is 2. The first kappa shape index (κ1) is 19.7. The Morgan fingerprint density at radius 2 is 1.80 bits per heavy atom. The van der Waals surface area contributed by atoms with E-state index in [0.717, 1.165) is 12.0 Å². The number of hydroxylamine groups is 1. The number of nitrogens with one attached hydrogen (secondary N) is 1. The molecule has 1 fully saturated rings. The molecule has 0 aliphatic carbocycles. The number of hydrogen-bond acceptors (Lipinski definition) is 6. The van der Waals surface area contributed by atoms with Gasteiger partial charge in [-0.05, 0) is 44.4 Å². The van der Waals surface area contributed by atoms with E-state index >= 15 is 0 Å². The summed E-state index contributed by atoms with van der Waals surface area (Å²) in [6.07, 6.45) is 0.935. The number of ether oxygens (including phenoxy) is 2.